The topological polar surface area (TPSA) is 114 Å². The van der Waals surface area contributed by atoms with Crippen molar-refractivity contribution < 1.29 is 13.9 Å². The van der Waals surface area contributed by atoms with E-state index in [-0.39, 0.29) is 48.5 Å². The fourth-order valence-electron chi connectivity index (χ4n) is 5.41. The lowest BCUT2D eigenvalue weighted by atomic mass is 10.0. The first-order valence-electron chi connectivity index (χ1n) is 12.8. The van der Waals surface area contributed by atoms with Gasteiger partial charge in [0.05, 0.1) is 18.2 Å². The van der Waals surface area contributed by atoms with E-state index in [1.165, 1.54) is 10.6 Å². The highest BCUT2D eigenvalue weighted by Gasteiger charge is 2.37. The normalized spacial score (nSPS) is 21.9. The Bertz CT molecular complexity index is 1510. The van der Waals surface area contributed by atoms with Crippen molar-refractivity contribution >= 4 is 17.0 Å². The van der Waals surface area contributed by atoms with Crippen LogP contribution in [0, 0.1) is 17.1 Å². The zero-order valence-electron chi connectivity index (χ0n) is 22.8. The summed E-state index contributed by atoms with van der Waals surface area (Å²) in [5, 5.41) is 9.22. The van der Waals surface area contributed by atoms with E-state index in [2.05, 4.69) is 44.7 Å². The highest BCUT2D eigenvalue weighted by Crippen LogP contribution is 2.38. The quantitative estimate of drug-likeness (QED) is 0.508. The van der Waals surface area contributed by atoms with Gasteiger partial charge in [0.1, 0.15) is 29.2 Å². The summed E-state index contributed by atoms with van der Waals surface area (Å²) in [6.45, 7) is 11.4. The highest BCUT2D eigenvalue weighted by molar-refractivity contribution is 5.84. The predicted octanol–water partition coefficient (Wildman–Crippen LogP) is 2.48. The minimum Gasteiger partial charge on any atom is -0.482 e. The number of aryl methyl sites for hydroxylation is 2. The summed E-state index contributed by atoms with van der Waals surface area (Å²) < 4.78 is 29.7. The molecule has 2 aliphatic rings. The highest BCUT2D eigenvalue weighted by atomic mass is 19.1. The molecule has 0 bridgehead atoms. The molecule has 3 aromatic rings. The van der Waals surface area contributed by atoms with E-state index in [9.17, 15) is 14.4 Å². The number of anilines is 1. The van der Waals surface area contributed by atoms with E-state index in [0.717, 1.165) is 0 Å². The summed E-state index contributed by atoms with van der Waals surface area (Å²) >= 11 is 0. The third-order valence-corrected chi connectivity index (χ3v) is 7.50. The first-order valence-corrected chi connectivity index (χ1v) is 12.8. The molecule has 0 saturated carbocycles. The number of hydrogen-bond acceptors (Lipinski definition) is 9. The lowest BCUT2D eigenvalue weighted by Gasteiger charge is -2.47. The second-order valence-corrected chi connectivity index (χ2v) is 10.9. The first kappa shape index (κ1) is 25.9. The van der Waals surface area contributed by atoms with E-state index in [1.807, 2.05) is 20.8 Å². The third-order valence-electron chi connectivity index (χ3n) is 7.50. The number of rotatable bonds is 4. The average molecular weight is 525 g/mol. The monoisotopic (exact) mass is 524 g/mol. The Kier molecular flexibility index (Phi) is 6.30. The van der Waals surface area contributed by atoms with E-state index < -0.39 is 11.4 Å². The Morgan fingerprint density at radius 2 is 1.92 bits per heavy atom. The molecule has 11 nitrogen and oxygen atoms in total. The van der Waals surface area contributed by atoms with Crippen LogP contribution in [0.3, 0.4) is 0 Å². The summed E-state index contributed by atoms with van der Waals surface area (Å²) in [7, 11) is 3.46. The standard InChI is InChI=1S/C26H33FN8O3/c1-14-12-35(22-20-24(33(7)25(36)31-22)32(6)19(30-20)8-9-28)15(2)11-34(14)16(3)18-10-17(27)21-23(29-18)38-26(4,5)13-37-21/h10,14-16H,8,11-13H2,1-7H3/t14-,15+,16?/m1/s1. The number of hydrogen-bond donors (Lipinski definition) is 0. The second kappa shape index (κ2) is 9.23. The maximum absolute atomic E-state index is 14.9. The van der Waals surface area contributed by atoms with Gasteiger partial charge in [-0.2, -0.15) is 10.2 Å². The summed E-state index contributed by atoms with van der Waals surface area (Å²) in [6, 6.07) is 3.36. The van der Waals surface area contributed by atoms with Gasteiger partial charge in [-0.1, -0.05) is 0 Å². The van der Waals surface area contributed by atoms with Crippen molar-refractivity contribution in [3.8, 4) is 17.7 Å². The fourth-order valence-corrected chi connectivity index (χ4v) is 5.41. The minimum absolute atomic E-state index is 0.0268. The lowest BCUT2D eigenvalue weighted by Crippen LogP contribution is -2.57. The van der Waals surface area contributed by atoms with Crippen molar-refractivity contribution in [3.63, 3.8) is 0 Å². The van der Waals surface area contributed by atoms with E-state index in [0.29, 0.717) is 41.6 Å². The number of imidazole rings is 1. The fraction of sp³-hybridized carbons (Fsp3) is 0.577. The van der Waals surface area contributed by atoms with Gasteiger partial charge in [-0.25, -0.2) is 19.2 Å². The maximum atomic E-state index is 14.9. The molecule has 5 rings (SSSR count). The van der Waals surface area contributed by atoms with Gasteiger partial charge in [-0.3, -0.25) is 9.47 Å². The van der Waals surface area contributed by atoms with Crippen molar-refractivity contribution in [1.82, 2.24) is 29.0 Å². The zero-order valence-corrected chi connectivity index (χ0v) is 22.8. The number of nitrogens with zero attached hydrogens (tertiary/aromatic N) is 8. The predicted molar refractivity (Wildman–Crippen MR) is 139 cm³/mol. The Morgan fingerprint density at radius 1 is 1.18 bits per heavy atom. The number of ether oxygens (including phenoxy) is 2. The molecule has 1 saturated heterocycles. The van der Waals surface area contributed by atoms with Gasteiger partial charge in [0.15, 0.2) is 11.6 Å². The van der Waals surface area contributed by atoms with Crippen LogP contribution < -0.4 is 20.1 Å². The molecule has 12 heteroatoms. The Hall–Kier alpha value is -3.72. The zero-order chi connectivity index (χ0) is 27.5. The summed E-state index contributed by atoms with van der Waals surface area (Å²) in [6.07, 6.45) is 0.131. The molecule has 1 unspecified atom stereocenters. The molecule has 0 amide bonds. The smallest absolute Gasteiger partial charge is 0.350 e. The largest absolute Gasteiger partial charge is 0.482 e. The molecule has 0 spiro atoms. The van der Waals surface area contributed by atoms with E-state index in [4.69, 9.17) is 9.47 Å². The van der Waals surface area contributed by atoms with Crippen LogP contribution in [0.5, 0.6) is 11.6 Å². The number of aromatic nitrogens is 5. The van der Waals surface area contributed by atoms with Crippen LogP contribution in [0.15, 0.2) is 10.9 Å². The van der Waals surface area contributed by atoms with Gasteiger partial charge in [-0.05, 0) is 34.6 Å². The van der Waals surface area contributed by atoms with Gasteiger partial charge >= 0.3 is 5.69 Å². The van der Waals surface area contributed by atoms with Crippen LogP contribution in [0.2, 0.25) is 0 Å². The molecule has 1 fully saturated rings. The first-order chi connectivity index (χ1) is 17.9. The molecule has 5 heterocycles. The molecule has 2 aliphatic heterocycles. The number of fused-ring (bicyclic) bond motifs is 2. The van der Waals surface area contributed by atoms with Gasteiger partial charge in [0.2, 0.25) is 5.75 Å². The number of pyridine rings is 1. The van der Waals surface area contributed by atoms with Gasteiger partial charge in [0.25, 0.3) is 5.88 Å². The van der Waals surface area contributed by atoms with E-state index in [1.54, 1.807) is 18.7 Å². The van der Waals surface area contributed by atoms with Crippen LogP contribution in [0.1, 0.15) is 52.2 Å². The molecule has 0 N–H and O–H groups in total. The van der Waals surface area contributed by atoms with Crippen molar-refractivity contribution in [3.05, 3.63) is 33.9 Å². The maximum Gasteiger partial charge on any atom is 0.350 e. The third kappa shape index (κ3) is 4.24. The van der Waals surface area contributed by atoms with Gasteiger partial charge in [-0.15, -0.1) is 0 Å². The molecular formula is C26H33FN8O3. The lowest BCUT2D eigenvalue weighted by molar-refractivity contribution is 0.0123. The number of halogens is 1. The van der Waals surface area contributed by atoms with Crippen molar-refractivity contribution in [2.75, 3.05) is 24.6 Å². The Morgan fingerprint density at radius 3 is 2.63 bits per heavy atom. The Balaban J connectivity index is 1.45. The molecule has 3 aromatic heterocycles. The molecule has 202 valence electrons. The van der Waals surface area contributed by atoms with Crippen LogP contribution >= 0.6 is 0 Å². The van der Waals surface area contributed by atoms with Crippen LogP contribution in [-0.4, -0.2) is 66.4 Å². The number of piperazine rings is 1. The molecular weight excluding hydrogens is 491 g/mol. The average Bonchev–Trinajstić information content (AvgIpc) is 3.17. The van der Waals surface area contributed by atoms with Gasteiger partial charge < -0.3 is 18.9 Å². The molecule has 38 heavy (non-hydrogen) atoms. The molecule has 0 aromatic carbocycles. The van der Waals surface area contributed by atoms with Crippen molar-refractivity contribution in [2.45, 2.75) is 64.8 Å². The molecule has 3 atom stereocenters. The van der Waals surface area contributed by atoms with Gasteiger partial charge in [0, 0.05) is 51.4 Å². The molecule has 0 radical (unpaired) electrons. The van der Waals surface area contributed by atoms with Crippen LogP contribution in [-0.2, 0) is 20.5 Å². The second-order valence-electron chi connectivity index (χ2n) is 10.9. The summed E-state index contributed by atoms with van der Waals surface area (Å²) in [4.78, 5) is 30.9. The van der Waals surface area contributed by atoms with Crippen LogP contribution in [0.25, 0.3) is 11.2 Å². The number of nitriles is 1. The molecule has 0 aliphatic carbocycles. The summed E-state index contributed by atoms with van der Waals surface area (Å²) in [5.74, 6) is 0.840. The van der Waals surface area contributed by atoms with Crippen molar-refractivity contribution in [2.24, 2.45) is 14.1 Å². The van der Waals surface area contributed by atoms with Crippen LogP contribution in [0.4, 0.5) is 10.2 Å². The Labute approximate surface area is 220 Å². The summed E-state index contributed by atoms with van der Waals surface area (Å²) in [5.41, 5.74) is 0.813. The van der Waals surface area contributed by atoms with E-state index >= 15 is 0 Å². The minimum atomic E-state index is -0.592. The van der Waals surface area contributed by atoms with Crippen molar-refractivity contribution in [1.29, 1.82) is 5.26 Å². The SMILES string of the molecule is CC(c1cc(F)c2c(n1)OC(C)(C)CO2)N1C[C@H](C)N(c2nc(=O)n(C)c3c2nc(CC#N)n3C)C[C@H]1C.